The van der Waals surface area contributed by atoms with Crippen LogP contribution in [-0.2, 0) is 9.53 Å². The summed E-state index contributed by atoms with van der Waals surface area (Å²) in [4.78, 5) is 11.2. The molecule has 0 saturated carbocycles. The highest BCUT2D eigenvalue weighted by atomic mass is 79.9. The molecule has 0 bridgehead atoms. The van der Waals surface area contributed by atoms with Gasteiger partial charge in [0.05, 0.1) is 11.1 Å². The Kier molecular flexibility index (Phi) is 3.95. The van der Waals surface area contributed by atoms with E-state index in [2.05, 4.69) is 15.9 Å². The Labute approximate surface area is 90.9 Å². The van der Waals surface area contributed by atoms with Gasteiger partial charge in [-0.1, -0.05) is 0 Å². The lowest BCUT2D eigenvalue weighted by Crippen LogP contribution is -2.04. The van der Waals surface area contributed by atoms with Gasteiger partial charge in [-0.2, -0.15) is 0 Å². The summed E-state index contributed by atoms with van der Waals surface area (Å²) in [5.41, 5.74) is 0.522. The molecule has 0 aliphatic rings. The van der Waals surface area contributed by atoms with Gasteiger partial charge in [0.1, 0.15) is 12.0 Å². The Hall–Kier alpha value is -1.03. The van der Waals surface area contributed by atoms with Crippen LogP contribution in [0.15, 0.2) is 26.8 Å². The van der Waals surface area contributed by atoms with Crippen LogP contribution < -0.4 is 0 Å². The summed E-state index contributed by atoms with van der Waals surface area (Å²) in [7, 11) is 0. The fourth-order valence-corrected chi connectivity index (χ4v) is 1.24. The van der Waals surface area contributed by atoms with Gasteiger partial charge < -0.3 is 9.15 Å². The van der Waals surface area contributed by atoms with E-state index >= 15 is 0 Å². The highest BCUT2D eigenvalue weighted by molar-refractivity contribution is 9.10. The Morgan fingerprint density at radius 1 is 1.71 bits per heavy atom. The molecule has 1 aromatic heterocycles. The average molecular weight is 259 g/mol. The number of carbonyl (C=O) groups is 1. The number of rotatable bonds is 3. The smallest absolute Gasteiger partial charge is 0.333 e. The molecule has 0 unspecified atom stereocenters. The van der Waals surface area contributed by atoms with Gasteiger partial charge in [0.15, 0.2) is 0 Å². The molecule has 4 heteroatoms. The lowest BCUT2D eigenvalue weighted by atomic mass is 10.2. The van der Waals surface area contributed by atoms with E-state index < -0.39 is 0 Å². The maximum atomic E-state index is 11.2. The molecule has 3 nitrogen and oxygen atoms in total. The van der Waals surface area contributed by atoms with Gasteiger partial charge in [0, 0.05) is 5.57 Å². The Bertz CT molecular complexity index is 352. The van der Waals surface area contributed by atoms with Crippen LogP contribution in [0, 0.1) is 0 Å². The van der Waals surface area contributed by atoms with Crippen molar-refractivity contribution in [2.75, 3.05) is 6.61 Å². The molecule has 0 aliphatic heterocycles. The maximum Gasteiger partial charge on any atom is 0.333 e. The number of hydrogen-bond acceptors (Lipinski definition) is 3. The maximum absolute atomic E-state index is 11.2. The van der Waals surface area contributed by atoms with Crippen molar-refractivity contribution in [3.05, 3.63) is 28.1 Å². The zero-order valence-electron chi connectivity index (χ0n) is 8.04. The molecule has 76 valence electrons. The van der Waals surface area contributed by atoms with Crippen molar-refractivity contribution >= 4 is 28.0 Å². The number of furan rings is 1. The lowest BCUT2D eigenvalue weighted by Gasteiger charge is -1.99. The second-order valence-electron chi connectivity index (χ2n) is 2.72. The highest BCUT2D eigenvalue weighted by Gasteiger charge is 2.05. The van der Waals surface area contributed by atoms with Crippen LogP contribution in [0.4, 0.5) is 0 Å². The van der Waals surface area contributed by atoms with Crippen molar-refractivity contribution in [3.63, 3.8) is 0 Å². The molecule has 1 aromatic rings. The Balaban J connectivity index is 2.73. The summed E-state index contributed by atoms with van der Waals surface area (Å²) in [6.45, 7) is 3.84. The molecule has 0 amide bonds. The fraction of sp³-hybridized carbons (Fsp3) is 0.300. The molecule has 0 saturated heterocycles. The summed E-state index contributed by atoms with van der Waals surface area (Å²) in [5.74, 6) is 0.308. The third-order valence-electron chi connectivity index (χ3n) is 1.54. The van der Waals surface area contributed by atoms with E-state index in [4.69, 9.17) is 9.15 Å². The van der Waals surface area contributed by atoms with Crippen LogP contribution >= 0.6 is 15.9 Å². The number of hydrogen-bond donors (Lipinski definition) is 0. The standard InChI is InChI=1S/C10H11BrO3/c1-3-13-10(12)7(2)4-9-5-8(11)6-14-9/h4-6H,3H2,1-2H3/b7-4-. The van der Waals surface area contributed by atoms with Crippen molar-refractivity contribution in [1.29, 1.82) is 0 Å². The van der Waals surface area contributed by atoms with Crippen molar-refractivity contribution in [1.82, 2.24) is 0 Å². The quantitative estimate of drug-likeness (QED) is 0.618. The number of carbonyl (C=O) groups excluding carboxylic acids is 1. The van der Waals surface area contributed by atoms with Crippen LogP contribution in [0.1, 0.15) is 19.6 Å². The molecule has 0 N–H and O–H groups in total. The predicted molar refractivity (Wildman–Crippen MR) is 56.7 cm³/mol. The van der Waals surface area contributed by atoms with E-state index in [1.54, 1.807) is 32.3 Å². The summed E-state index contributed by atoms with van der Waals surface area (Å²) in [6, 6.07) is 1.78. The third kappa shape index (κ3) is 3.03. The molecule has 0 fully saturated rings. The van der Waals surface area contributed by atoms with E-state index in [0.29, 0.717) is 17.9 Å². The van der Waals surface area contributed by atoms with Gasteiger partial charge in [0.2, 0.25) is 0 Å². The van der Waals surface area contributed by atoms with E-state index in [9.17, 15) is 4.79 Å². The first-order valence-electron chi connectivity index (χ1n) is 4.23. The first-order chi connectivity index (χ1) is 6.63. The SMILES string of the molecule is CCOC(=O)/C(C)=C\c1cc(Br)co1. The Morgan fingerprint density at radius 2 is 2.43 bits per heavy atom. The van der Waals surface area contributed by atoms with Gasteiger partial charge >= 0.3 is 5.97 Å². The van der Waals surface area contributed by atoms with Crippen LogP contribution in [0.3, 0.4) is 0 Å². The molecule has 0 radical (unpaired) electrons. The van der Waals surface area contributed by atoms with Gasteiger partial charge in [0.25, 0.3) is 0 Å². The summed E-state index contributed by atoms with van der Waals surface area (Å²) < 4.78 is 10.8. The summed E-state index contributed by atoms with van der Waals surface area (Å²) in [5, 5.41) is 0. The minimum atomic E-state index is -0.319. The largest absolute Gasteiger partial charge is 0.464 e. The molecule has 0 atom stereocenters. The fourth-order valence-electron chi connectivity index (χ4n) is 0.921. The van der Waals surface area contributed by atoms with Crippen molar-refractivity contribution in [3.8, 4) is 0 Å². The topological polar surface area (TPSA) is 39.4 Å². The third-order valence-corrected chi connectivity index (χ3v) is 1.96. The monoisotopic (exact) mass is 258 g/mol. The molecule has 1 heterocycles. The minimum Gasteiger partial charge on any atom is -0.464 e. The van der Waals surface area contributed by atoms with Gasteiger partial charge in [-0.25, -0.2) is 4.79 Å². The second-order valence-corrected chi connectivity index (χ2v) is 3.63. The molecule has 1 rings (SSSR count). The summed E-state index contributed by atoms with van der Waals surface area (Å²) in [6.07, 6.45) is 3.20. The first kappa shape index (κ1) is 11.0. The molecular formula is C10H11BrO3. The zero-order chi connectivity index (χ0) is 10.6. The average Bonchev–Trinajstić information content (AvgIpc) is 2.51. The number of esters is 1. The van der Waals surface area contributed by atoms with E-state index in [1.165, 1.54) is 0 Å². The van der Waals surface area contributed by atoms with Crippen molar-refractivity contribution < 1.29 is 13.9 Å². The number of ether oxygens (including phenoxy) is 1. The van der Waals surface area contributed by atoms with Crippen LogP contribution in [0.2, 0.25) is 0 Å². The van der Waals surface area contributed by atoms with E-state index in [-0.39, 0.29) is 5.97 Å². The molecule has 0 spiro atoms. The zero-order valence-corrected chi connectivity index (χ0v) is 9.63. The highest BCUT2D eigenvalue weighted by Crippen LogP contribution is 2.16. The molecule has 0 aliphatic carbocycles. The van der Waals surface area contributed by atoms with Gasteiger partial charge in [-0.05, 0) is 41.9 Å². The molecule has 0 aromatic carbocycles. The van der Waals surface area contributed by atoms with Gasteiger partial charge in [-0.3, -0.25) is 0 Å². The normalized spacial score (nSPS) is 11.5. The summed E-state index contributed by atoms with van der Waals surface area (Å²) >= 11 is 3.25. The first-order valence-corrected chi connectivity index (χ1v) is 5.02. The van der Waals surface area contributed by atoms with Gasteiger partial charge in [-0.15, -0.1) is 0 Å². The van der Waals surface area contributed by atoms with Crippen LogP contribution in [0.25, 0.3) is 6.08 Å². The lowest BCUT2D eigenvalue weighted by molar-refractivity contribution is -0.138. The predicted octanol–water partition coefficient (Wildman–Crippen LogP) is 3.01. The number of halogens is 1. The molecular weight excluding hydrogens is 248 g/mol. The Morgan fingerprint density at radius 3 is 2.93 bits per heavy atom. The van der Waals surface area contributed by atoms with Crippen molar-refractivity contribution in [2.45, 2.75) is 13.8 Å². The van der Waals surface area contributed by atoms with Crippen LogP contribution in [0.5, 0.6) is 0 Å². The van der Waals surface area contributed by atoms with Crippen molar-refractivity contribution in [2.24, 2.45) is 0 Å². The molecule has 14 heavy (non-hydrogen) atoms. The van der Waals surface area contributed by atoms with Crippen LogP contribution in [-0.4, -0.2) is 12.6 Å². The van der Waals surface area contributed by atoms with E-state index in [1.807, 2.05) is 0 Å². The van der Waals surface area contributed by atoms with E-state index in [0.717, 1.165) is 4.47 Å². The minimum absolute atomic E-state index is 0.319. The second kappa shape index (κ2) is 5.00.